The van der Waals surface area contributed by atoms with Crippen LogP contribution in [-0.2, 0) is 4.79 Å². The third kappa shape index (κ3) is 2.06. The Bertz CT molecular complexity index is 900. The molecule has 4 bridgehead atoms. The van der Waals surface area contributed by atoms with Gasteiger partial charge in [-0.15, -0.1) is 0 Å². The predicted octanol–water partition coefficient (Wildman–Crippen LogP) is 5.01. The number of anilines is 1. The second kappa shape index (κ2) is 5.27. The number of benzene rings is 2. The van der Waals surface area contributed by atoms with Gasteiger partial charge in [-0.3, -0.25) is 9.80 Å². The summed E-state index contributed by atoms with van der Waals surface area (Å²) in [5, 5.41) is 7.02. The van der Waals surface area contributed by atoms with Crippen molar-refractivity contribution in [3.63, 3.8) is 0 Å². The maximum Gasteiger partial charge on any atom is 0.268 e. The first kappa shape index (κ1) is 16.0. The minimum atomic E-state index is -0.460. The second-order valence-electron chi connectivity index (χ2n) is 9.94. The summed E-state index contributed by atoms with van der Waals surface area (Å²) in [5.74, 6) is 3.59. The Balaban J connectivity index is 1.44. The lowest BCUT2D eigenvalue weighted by atomic mass is 9.53. The van der Waals surface area contributed by atoms with E-state index >= 15 is 0 Å². The highest BCUT2D eigenvalue weighted by molar-refractivity contribution is 6.03. The zero-order valence-electron chi connectivity index (χ0n) is 16.3. The van der Waals surface area contributed by atoms with E-state index < -0.39 is 5.54 Å². The average Bonchev–Trinajstić information content (AvgIpc) is 2.66. The molecule has 5 fully saturated rings. The summed E-state index contributed by atoms with van der Waals surface area (Å²) in [6.45, 7) is 4.17. The van der Waals surface area contributed by atoms with Crippen molar-refractivity contribution in [1.82, 2.24) is 5.01 Å². The molecule has 1 amide bonds. The van der Waals surface area contributed by atoms with Gasteiger partial charge in [-0.05, 0) is 81.1 Å². The van der Waals surface area contributed by atoms with Gasteiger partial charge in [0, 0.05) is 5.39 Å². The number of nitrogens with zero attached hydrogens (tertiary/aromatic N) is 2. The third-order valence-corrected chi connectivity index (χ3v) is 7.93. The minimum Gasteiger partial charge on any atom is -0.270 e. The number of fused-ring (bicyclic) bond motifs is 1. The van der Waals surface area contributed by atoms with Gasteiger partial charge < -0.3 is 0 Å². The van der Waals surface area contributed by atoms with Crippen molar-refractivity contribution in [1.29, 1.82) is 0 Å². The van der Waals surface area contributed by atoms with Crippen LogP contribution in [0.1, 0.15) is 46.0 Å². The normalized spacial score (nSPS) is 36.4. The van der Waals surface area contributed by atoms with Crippen LogP contribution in [0.4, 0.5) is 5.69 Å². The van der Waals surface area contributed by atoms with Crippen molar-refractivity contribution in [2.24, 2.45) is 23.7 Å². The molecule has 0 N–H and O–H groups in total. The fourth-order valence-electron chi connectivity index (χ4n) is 7.06. The summed E-state index contributed by atoms with van der Waals surface area (Å²) in [6, 6.07) is 15.5. The lowest BCUT2D eigenvalue weighted by Gasteiger charge is -2.66. The molecule has 3 nitrogen and oxygen atoms in total. The summed E-state index contributed by atoms with van der Waals surface area (Å²) in [4.78, 5) is 13.3. The Labute approximate surface area is 161 Å². The predicted molar refractivity (Wildman–Crippen MR) is 108 cm³/mol. The van der Waals surface area contributed by atoms with E-state index in [9.17, 15) is 4.79 Å². The molecular formula is C24H28N2O. The van der Waals surface area contributed by atoms with Crippen molar-refractivity contribution in [3.8, 4) is 0 Å². The van der Waals surface area contributed by atoms with E-state index in [4.69, 9.17) is 0 Å². The maximum absolute atomic E-state index is 13.3. The summed E-state index contributed by atoms with van der Waals surface area (Å²) >= 11 is 0. The van der Waals surface area contributed by atoms with Gasteiger partial charge in [0.2, 0.25) is 0 Å². The first-order valence-corrected chi connectivity index (χ1v) is 10.7. The van der Waals surface area contributed by atoms with E-state index in [1.807, 2.05) is 0 Å². The van der Waals surface area contributed by atoms with E-state index in [0.717, 1.165) is 11.8 Å². The van der Waals surface area contributed by atoms with Crippen LogP contribution < -0.4 is 5.01 Å². The molecule has 7 rings (SSSR count). The van der Waals surface area contributed by atoms with Crippen molar-refractivity contribution in [2.75, 3.05) is 5.01 Å². The molecule has 2 aromatic carbocycles. The van der Waals surface area contributed by atoms with E-state index in [1.165, 1.54) is 48.6 Å². The number of carbonyl (C=O) groups is 1. The van der Waals surface area contributed by atoms with Crippen LogP contribution in [-0.4, -0.2) is 22.5 Å². The van der Waals surface area contributed by atoms with E-state index in [2.05, 4.69) is 66.3 Å². The molecule has 4 aliphatic carbocycles. The SMILES string of the molecule is CC1(C)C(=O)N(C2C3CC4CC(C3)CC2C4)N1c1cccc2ccccc12. The van der Waals surface area contributed by atoms with Crippen molar-refractivity contribution >= 4 is 22.4 Å². The quantitative estimate of drug-likeness (QED) is 0.752. The van der Waals surface area contributed by atoms with Gasteiger partial charge in [0.05, 0.1) is 11.7 Å². The van der Waals surface area contributed by atoms with Gasteiger partial charge in [-0.1, -0.05) is 36.4 Å². The Hall–Kier alpha value is -2.03. The highest BCUT2D eigenvalue weighted by Gasteiger charge is 2.61. The van der Waals surface area contributed by atoms with Crippen LogP contribution >= 0.6 is 0 Å². The maximum atomic E-state index is 13.3. The molecule has 140 valence electrons. The zero-order chi connectivity index (χ0) is 18.3. The first-order valence-electron chi connectivity index (χ1n) is 10.7. The molecule has 0 atom stereocenters. The molecule has 2 aromatic rings. The Kier molecular flexibility index (Phi) is 3.12. The Morgan fingerprint density at radius 2 is 1.48 bits per heavy atom. The van der Waals surface area contributed by atoms with Gasteiger partial charge in [0.15, 0.2) is 0 Å². The summed E-state index contributed by atoms with van der Waals surface area (Å²) in [7, 11) is 0. The summed E-state index contributed by atoms with van der Waals surface area (Å²) in [5.41, 5.74) is 0.727. The lowest BCUT2D eigenvalue weighted by molar-refractivity contribution is -0.170. The van der Waals surface area contributed by atoms with Gasteiger partial charge in [0.1, 0.15) is 5.54 Å². The van der Waals surface area contributed by atoms with Crippen LogP contribution in [0, 0.1) is 23.7 Å². The highest BCUT2D eigenvalue weighted by Crippen LogP contribution is 2.57. The van der Waals surface area contributed by atoms with Gasteiger partial charge in [-0.25, -0.2) is 5.01 Å². The molecule has 27 heavy (non-hydrogen) atoms. The topological polar surface area (TPSA) is 23.6 Å². The lowest BCUT2D eigenvalue weighted by Crippen LogP contribution is -2.80. The number of amides is 1. The number of hydrazine groups is 1. The monoisotopic (exact) mass is 360 g/mol. The van der Waals surface area contributed by atoms with Gasteiger partial charge >= 0.3 is 0 Å². The molecule has 5 aliphatic rings. The van der Waals surface area contributed by atoms with Gasteiger partial charge in [-0.2, -0.15) is 0 Å². The second-order valence-corrected chi connectivity index (χ2v) is 9.94. The molecule has 0 aromatic heterocycles. The molecule has 0 unspecified atom stereocenters. The first-order chi connectivity index (χ1) is 13.0. The number of carbonyl (C=O) groups excluding carboxylic acids is 1. The standard InChI is InChI=1S/C24H28N2O/c1-24(2)23(27)25(22-18-11-15-10-16(13-18)14-19(22)12-15)26(24)21-9-5-7-17-6-3-4-8-20(17)21/h3-9,15-16,18-19,22H,10-14H2,1-2H3. The number of hydrogen-bond acceptors (Lipinski definition) is 2. The molecule has 3 heteroatoms. The zero-order valence-corrected chi connectivity index (χ0v) is 16.3. The number of rotatable bonds is 2. The van der Waals surface area contributed by atoms with Crippen LogP contribution in [0.5, 0.6) is 0 Å². The number of hydrogen-bond donors (Lipinski definition) is 0. The Morgan fingerprint density at radius 3 is 2.19 bits per heavy atom. The van der Waals surface area contributed by atoms with Crippen LogP contribution in [0.25, 0.3) is 10.8 Å². The van der Waals surface area contributed by atoms with Gasteiger partial charge in [0.25, 0.3) is 5.91 Å². The molecule has 1 saturated heterocycles. The van der Waals surface area contributed by atoms with E-state index in [1.54, 1.807) is 0 Å². The smallest absolute Gasteiger partial charge is 0.268 e. The van der Waals surface area contributed by atoms with Crippen molar-refractivity contribution < 1.29 is 4.79 Å². The fraction of sp³-hybridized carbons (Fsp3) is 0.542. The Morgan fingerprint density at radius 1 is 0.852 bits per heavy atom. The molecule has 4 saturated carbocycles. The van der Waals surface area contributed by atoms with Crippen LogP contribution in [0.15, 0.2) is 42.5 Å². The third-order valence-electron chi connectivity index (χ3n) is 7.93. The van der Waals surface area contributed by atoms with E-state index in [-0.39, 0.29) is 0 Å². The van der Waals surface area contributed by atoms with Crippen LogP contribution in [0.2, 0.25) is 0 Å². The van der Waals surface area contributed by atoms with Crippen molar-refractivity contribution in [3.05, 3.63) is 42.5 Å². The molecule has 0 radical (unpaired) electrons. The minimum absolute atomic E-state index is 0.313. The molecule has 1 aliphatic heterocycles. The van der Waals surface area contributed by atoms with Crippen LogP contribution in [0.3, 0.4) is 0 Å². The summed E-state index contributed by atoms with van der Waals surface area (Å²) in [6.07, 6.45) is 6.80. The van der Waals surface area contributed by atoms with E-state index in [0.29, 0.717) is 23.8 Å². The average molecular weight is 361 g/mol. The van der Waals surface area contributed by atoms with Crippen molar-refractivity contribution in [2.45, 2.75) is 57.5 Å². The summed E-state index contributed by atoms with van der Waals surface area (Å²) < 4.78 is 0. The largest absolute Gasteiger partial charge is 0.270 e. The molecule has 1 heterocycles. The highest BCUT2D eigenvalue weighted by atomic mass is 16.2. The molecule has 0 spiro atoms. The fourth-order valence-corrected chi connectivity index (χ4v) is 7.06. The molecular weight excluding hydrogens is 332 g/mol.